The number of hydrogen-bond acceptors (Lipinski definition) is 4. The van der Waals surface area contributed by atoms with E-state index >= 15 is 0 Å². The van der Waals surface area contributed by atoms with E-state index in [1.54, 1.807) is 64.8 Å². The SMILES string of the molecule is COc1c[c-]ccc1OC.COc1c[c-]ccc1OC.[Zn+2]. The number of benzene rings is 2. The fourth-order valence-electron chi connectivity index (χ4n) is 1.46. The molecule has 108 valence electrons. The minimum Gasteiger partial charge on any atom is -0.551 e. The first-order chi connectivity index (χ1) is 9.76. The van der Waals surface area contributed by atoms with Crippen molar-refractivity contribution in [1.29, 1.82) is 0 Å². The molecule has 2 aromatic carbocycles. The Morgan fingerprint density at radius 3 is 1.19 bits per heavy atom. The molecule has 0 fully saturated rings. The maximum Gasteiger partial charge on any atom is 2.00 e. The van der Waals surface area contributed by atoms with Crippen molar-refractivity contribution in [3.63, 3.8) is 0 Å². The first kappa shape index (κ1) is 19.3. The van der Waals surface area contributed by atoms with E-state index in [4.69, 9.17) is 18.9 Å². The molecular weight excluding hydrogens is 322 g/mol. The normalized spacial score (nSPS) is 8.57. The Bertz CT molecular complexity index is 424. The third kappa shape index (κ3) is 6.05. The molecule has 0 heterocycles. The van der Waals surface area contributed by atoms with Crippen LogP contribution in [0.4, 0.5) is 0 Å². The summed E-state index contributed by atoms with van der Waals surface area (Å²) >= 11 is 0. The largest absolute Gasteiger partial charge is 2.00 e. The van der Waals surface area contributed by atoms with Gasteiger partial charge in [-0.1, -0.05) is 0 Å². The summed E-state index contributed by atoms with van der Waals surface area (Å²) in [5.74, 6) is 2.90. The Morgan fingerprint density at radius 1 is 0.619 bits per heavy atom. The maximum absolute atomic E-state index is 4.99. The van der Waals surface area contributed by atoms with Crippen LogP contribution in [0.5, 0.6) is 23.0 Å². The number of methoxy groups -OCH3 is 4. The molecule has 0 aliphatic heterocycles. The van der Waals surface area contributed by atoms with E-state index in [1.807, 2.05) is 0 Å². The van der Waals surface area contributed by atoms with E-state index in [1.165, 1.54) is 0 Å². The fraction of sp³-hybridized carbons (Fsp3) is 0.250. The van der Waals surface area contributed by atoms with Crippen LogP contribution in [0.25, 0.3) is 0 Å². The van der Waals surface area contributed by atoms with Gasteiger partial charge >= 0.3 is 19.5 Å². The minimum atomic E-state index is 0. The summed E-state index contributed by atoms with van der Waals surface area (Å²) in [5.41, 5.74) is 0. The van der Waals surface area contributed by atoms with E-state index < -0.39 is 0 Å². The first-order valence-corrected chi connectivity index (χ1v) is 5.93. The topological polar surface area (TPSA) is 36.9 Å². The van der Waals surface area contributed by atoms with E-state index in [9.17, 15) is 0 Å². The van der Waals surface area contributed by atoms with Crippen molar-refractivity contribution in [3.05, 3.63) is 48.5 Å². The van der Waals surface area contributed by atoms with Gasteiger partial charge in [-0.3, -0.25) is 0 Å². The van der Waals surface area contributed by atoms with Crippen LogP contribution in [-0.4, -0.2) is 28.4 Å². The van der Waals surface area contributed by atoms with E-state index in [0.29, 0.717) is 11.5 Å². The maximum atomic E-state index is 4.99. The van der Waals surface area contributed by atoms with Gasteiger partial charge in [-0.15, -0.1) is 24.3 Å². The van der Waals surface area contributed by atoms with Crippen molar-refractivity contribution in [2.75, 3.05) is 28.4 Å². The second-order valence-electron chi connectivity index (χ2n) is 3.56. The van der Waals surface area contributed by atoms with Crippen LogP contribution in [0.2, 0.25) is 0 Å². The summed E-state index contributed by atoms with van der Waals surface area (Å²) in [6.45, 7) is 0. The van der Waals surface area contributed by atoms with Crippen molar-refractivity contribution in [1.82, 2.24) is 0 Å². The van der Waals surface area contributed by atoms with Gasteiger partial charge in [0, 0.05) is 11.5 Å². The molecule has 0 radical (unpaired) electrons. The zero-order chi connectivity index (χ0) is 14.8. The van der Waals surface area contributed by atoms with Crippen LogP contribution >= 0.6 is 0 Å². The number of rotatable bonds is 4. The average molecular weight is 340 g/mol. The fourth-order valence-corrected chi connectivity index (χ4v) is 1.46. The third-order valence-electron chi connectivity index (χ3n) is 2.46. The summed E-state index contributed by atoms with van der Waals surface area (Å²) in [4.78, 5) is 0. The Morgan fingerprint density at radius 2 is 0.952 bits per heavy atom. The molecule has 0 aliphatic carbocycles. The quantitative estimate of drug-likeness (QED) is 0.634. The molecule has 0 unspecified atom stereocenters. The van der Waals surface area contributed by atoms with Crippen molar-refractivity contribution in [3.8, 4) is 23.0 Å². The van der Waals surface area contributed by atoms with Crippen molar-refractivity contribution < 1.29 is 38.4 Å². The van der Waals surface area contributed by atoms with Crippen LogP contribution < -0.4 is 18.9 Å². The Balaban J connectivity index is 0.000000364. The van der Waals surface area contributed by atoms with Crippen LogP contribution in [-0.2, 0) is 19.5 Å². The van der Waals surface area contributed by atoms with Gasteiger partial charge in [0.25, 0.3) is 0 Å². The smallest absolute Gasteiger partial charge is 0.551 e. The molecule has 0 aromatic heterocycles. The standard InChI is InChI=1S/2C8H9O2.Zn/c2*1-9-7-5-3-4-6-8(7)10-2;/h2*3,5-6H,1-2H3;/q2*-1;+2. The summed E-state index contributed by atoms with van der Waals surface area (Å²) in [5, 5.41) is 0. The molecule has 0 N–H and O–H groups in total. The molecule has 0 amide bonds. The molecule has 4 nitrogen and oxygen atoms in total. The Kier molecular flexibility index (Phi) is 10.1. The molecule has 0 saturated heterocycles. The van der Waals surface area contributed by atoms with E-state index in [2.05, 4.69) is 12.1 Å². The van der Waals surface area contributed by atoms with Gasteiger partial charge < -0.3 is 18.9 Å². The summed E-state index contributed by atoms with van der Waals surface area (Å²) < 4.78 is 19.9. The van der Waals surface area contributed by atoms with Crippen LogP contribution in [0.3, 0.4) is 0 Å². The van der Waals surface area contributed by atoms with Gasteiger partial charge in [0.2, 0.25) is 0 Å². The summed E-state index contributed by atoms with van der Waals surface area (Å²) in [6, 6.07) is 16.4. The summed E-state index contributed by atoms with van der Waals surface area (Å²) in [6.07, 6.45) is 0. The molecule has 0 atom stereocenters. The van der Waals surface area contributed by atoms with E-state index in [-0.39, 0.29) is 19.5 Å². The Hall–Kier alpha value is -1.74. The van der Waals surface area contributed by atoms with Crippen LogP contribution in [0.1, 0.15) is 0 Å². The zero-order valence-corrected chi connectivity index (χ0v) is 15.8. The molecule has 0 saturated carbocycles. The number of ether oxygens (including phenoxy) is 4. The van der Waals surface area contributed by atoms with Gasteiger partial charge in [-0.05, 0) is 0 Å². The van der Waals surface area contributed by atoms with Gasteiger partial charge in [0.1, 0.15) is 0 Å². The van der Waals surface area contributed by atoms with Gasteiger partial charge in [-0.2, -0.15) is 24.3 Å². The van der Waals surface area contributed by atoms with E-state index in [0.717, 1.165) is 11.5 Å². The first-order valence-electron chi connectivity index (χ1n) is 5.93. The molecule has 0 bridgehead atoms. The van der Waals surface area contributed by atoms with Crippen LogP contribution in [0, 0.1) is 12.1 Å². The monoisotopic (exact) mass is 338 g/mol. The van der Waals surface area contributed by atoms with Crippen molar-refractivity contribution >= 4 is 0 Å². The molecular formula is C16H18O4Zn. The molecule has 5 heteroatoms. The zero-order valence-electron chi connectivity index (χ0n) is 12.8. The molecule has 0 spiro atoms. The van der Waals surface area contributed by atoms with Gasteiger partial charge in [0.15, 0.2) is 0 Å². The van der Waals surface area contributed by atoms with Gasteiger partial charge in [-0.25, -0.2) is 0 Å². The second kappa shape index (κ2) is 11.0. The third-order valence-corrected chi connectivity index (χ3v) is 2.46. The molecule has 2 aromatic rings. The minimum absolute atomic E-state index is 0. The van der Waals surface area contributed by atoms with Crippen molar-refractivity contribution in [2.24, 2.45) is 0 Å². The molecule has 21 heavy (non-hydrogen) atoms. The molecule has 2 rings (SSSR count). The predicted octanol–water partition coefficient (Wildman–Crippen LogP) is 3.01. The second-order valence-corrected chi connectivity index (χ2v) is 3.56. The Labute approximate surface area is 138 Å². The molecule has 0 aliphatic rings. The van der Waals surface area contributed by atoms with Gasteiger partial charge in [0.05, 0.1) is 39.9 Å². The average Bonchev–Trinajstić information content (AvgIpc) is 2.55. The number of hydrogen-bond donors (Lipinski definition) is 0. The summed E-state index contributed by atoms with van der Waals surface area (Å²) in [7, 11) is 6.42. The van der Waals surface area contributed by atoms with Crippen molar-refractivity contribution in [2.45, 2.75) is 0 Å². The predicted molar refractivity (Wildman–Crippen MR) is 76.8 cm³/mol. The van der Waals surface area contributed by atoms with Crippen LogP contribution in [0.15, 0.2) is 36.4 Å².